The number of hydrogen-bond acceptors (Lipinski definition) is 4. The van der Waals surface area contributed by atoms with E-state index in [1.165, 1.54) is 0 Å². The van der Waals surface area contributed by atoms with Gasteiger partial charge in [0.15, 0.2) is 0 Å². The number of rotatable bonds is 16. The molecule has 0 heterocycles. The summed E-state index contributed by atoms with van der Waals surface area (Å²) in [4.78, 5) is 0. The van der Waals surface area contributed by atoms with Crippen molar-refractivity contribution in [3.05, 3.63) is 0 Å². The molecular formula is C16H36GeO4. The van der Waals surface area contributed by atoms with Gasteiger partial charge in [0.05, 0.1) is 0 Å². The van der Waals surface area contributed by atoms with Crippen LogP contribution in [0.15, 0.2) is 0 Å². The number of unbranched alkanes of at least 4 members (excludes halogenated alkanes) is 4. The Morgan fingerprint density at radius 2 is 0.714 bits per heavy atom. The van der Waals surface area contributed by atoms with Crippen LogP contribution in [0.4, 0.5) is 0 Å². The minimum absolute atomic E-state index is 0.681. The van der Waals surface area contributed by atoms with Crippen molar-refractivity contribution < 1.29 is 15.1 Å². The molecule has 0 aliphatic carbocycles. The van der Waals surface area contributed by atoms with E-state index in [2.05, 4.69) is 27.7 Å². The Balaban J connectivity index is 4.52. The van der Waals surface area contributed by atoms with Crippen LogP contribution in [0.5, 0.6) is 0 Å². The van der Waals surface area contributed by atoms with E-state index in [1.807, 2.05) is 0 Å². The van der Waals surface area contributed by atoms with Gasteiger partial charge in [-0.3, -0.25) is 0 Å². The van der Waals surface area contributed by atoms with Crippen molar-refractivity contribution in [1.29, 1.82) is 0 Å². The average Bonchev–Trinajstić information content (AvgIpc) is 2.48. The molecule has 0 unspecified atom stereocenters. The maximum absolute atomic E-state index is 6.03. The molecule has 0 saturated carbocycles. The van der Waals surface area contributed by atoms with Crippen molar-refractivity contribution in [2.24, 2.45) is 0 Å². The van der Waals surface area contributed by atoms with Gasteiger partial charge in [0.25, 0.3) is 0 Å². The standard InChI is InChI=1S/C16H36GeO4/c1-5-9-13-18-17(19-14-10-6-2,20-15-11-7-3)21-16-12-8-4/h5-16H2,1-4H3. The zero-order valence-corrected chi connectivity index (χ0v) is 16.7. The molecular weight excluding hydrogens is 329 g/mol. The van der Waals surface area contributed by atoms with Crippen LogP contribution in [0.25, 0.3) is 0 Å². The molecule has 0 aromatic carbocycles. The molecule has 0 spiro atoms. The summed E-state index contributed by atoms with van der Waals surface area (Å²) in [5, 5.41) is 0. The molecule has 0 saturated heterocycles. The van der Waals surface area contributed by atoms with E-state index in [9.17, 15) is 0 Å². The second kappa shape index (κ2) is 15.3. The van der Waals surface area contributed by atoms with Gasteiger partial charge in [0.2, 0.25) is 0 Å². The molecule has 0 bridgehead atoms. The van der Waals surface area contributed by atoms with E-state index in [0.29, 0.717) is 26.4 Å². The van der Waals surface area contributed by atoms with E-state index in [1.54, 1.807) is 0 Å². The summed E-state index contributed by atoms with van der Waals surface area (Å²) in [5.74, 6) is 0. The molecule has 0 atom stereocenters. The van der Waals surface area contributed by atoms with Crippen molar-refractivity contribution in [2.75, 3.05) is 26.4 Å². The van der Waals surface area contributed by atoms with Crippen LogP contribution < -0.4 is 0 Å². The summed E-state index contributed by atoms with van der Waals surface area (Å²) in [7, 11) is 0. The van der Waals surface area contributed by atoms with Crippen LogP contribution >= 0.6 is 0 Å². The van der Waals surface area contributed by atoms with E-state index in [0.717, 1.165) is 51.4 Å². The Labute approximate surface area is 135 Å². The predicted octanol–water partition coefficient (Wildman–Crippen LogP) is 4.69. The molecule has 5 heteroatoms. The van der Waals surface area contributed by atoms with Gasteiger partial charge in [0, 0.05) is 0 Å². The van der Waals surface area contributed by atoms with Crippen LogP contribution in [0.1, 0.15) is 79.1 Å². The van der Waals surface area contributed by atoms with Crippen molar-refractivity contribution in [3.63, 3.8) is 0 Å². The van der Waals surface area contributed by atoms with Crippen LogP contribution in [0, 0.1) is 0 Å². The van der Waals surface area contributed by atoms with Gasteiger partial charge in [-0.1, -0.05) is 0 Å². The molecule has 21 heavy (non-hydrogen) atoms. The monoisotopic (exact) mass is 366 g/mol. The summed E-state index contributed by atoms with van der Waals surface area (Å²) in [6, 6.07) is 0. The Kier molecular flexibility index (Phi) is 15.6. The van der Waals surface area contributed by atoms with E-state index >= 15 is 0 Å². The first-order valence-corrected chi connectivity index (χ1v) is 12.2. The summed E-state index contributed by atoms with van der Waals surface area (Å²) >= 11 is -3.52. The number of hydrogen-bond donors (Lipinski definition) is 0. The fourth-order valence-electron chi connectivity index (χ4n) is 1.62. The van der Waals surface area contributed by atoms with Gasteiger partial charge < -0.3 is 0 Å². The first kappa shape index (κ1) is 21.4. The zero-order valence-electron chi connectivity index (χ0n) is 14.6. The molecule has 0 fully saturated rings. The van der Waals surface area contributed by atoms with Gasteiger partial charge in [-0.2, -0.15) is 0 Å². The SMILES string of the molecule is CCCC[O][Ge]([O]CCCC)([O]CCCC)[O]CCCC. The van der Waals surface area contributed by atoms with Crippen LogP contribution in [0.3, 0.4) is 0 Å². The van der Waals surface area contributed by atoms with E-state index in [-0.39, 0.29) is 0 Å². The average molecular weight is 365 g/mol. The quantitative estimate of drug-likeness (QED) is 0.294. The third-order valence-electron chi connectivity index (χ3n) is 3.11. The van der Waals surface area contributed by atoms with Crippen molar-refractivity contribution >= 4 is 14.6 Å². The van der Waals surface area contributed by atoms with E-state index in [4.69, 9.17) is 15.1 Å². The fraction of sp³-hybridized carbons (Fsp3) is 1.00. The molecule has 0 aliphatic rings. The van der Waals surface area contributed by atoms with Crippen molar-refractivity contribution in [3.8, 4) is 0 Å². The summed E-state index contributed by atoms with van der Waals surface area (Å²) in [6.07, 6.45) is 8.54. The Hall–Kier alpha value is 0.383. The first-order chi connectivity index (χ1) is 10.2. The molecule has 0 aliphatic heterocycles. The third kappa shape index (κ3) is 11.6. The van der Waals surface area contributed by atoms with Gasteiger partial charge in [-0.25, -0.2) is 0 Å². The topological polar surface area (TPSA) is 36.9 Å². The molecule has 0 N–H and O–H groups in total. The Morgan fingerprint density at radius 3 is 0.905 bits per heavy atom. The third-order valence-corrected chi connectivity index (χ3v) is 7.79. The Bertz CT molecular complexity index is 169. The predicted molar refractivity (Wildman–Crippen MR) is 89.2 cm³/mol. The van der Waals surface area contributed by atoms with Crippen molar-refractivity contribution in [1.82, 2.24) is 0 Å². The summed E-state index contributed by atoms with van der Waals surface area (Å²) < 4.78 is 24.1. The van der Waals surface area contributed by atoms with Gasteiger partial charge in [-0.15, -0.1) is 0 Å². The van der Waals surface area contributed by atoms with Crippen molar-refractivity contribution in [2.45, 2.75) is 79.1 Å². The molecule has 4 nitrogen and oxygen atoms in total. The molecule has 0 radical (unpaired) electrons. The Morgan fingerprint density at radius 1 is 0.476 bits per heavy atom. The van der Waals surface area contributed by atoms with Crippen LogP contribution in [0.2, 0.25) is 0 Å². The van der Waals surface area contributed by atoms with Gasteiger partial charge in [0.1, 0.15) is 0 Å². The second-order valence-corrected chi connectivity index (χ2v) is 9.83. The normalized spacial score (nSPS) is 12.0. The molecule has 0 rings (SSSR count). The fourth-order valence-corrected chi connectivity index (χ4v) is 5.97. The van der Waals surface area contributed by atoms with Gasteiger partial charge >= 0.3 is 135 Å². The summed E-state index contributed by atoms with van der Waals surface area (Å²) in [6.45, 7) is 11.4. The first-order valence-electron chi connectivity index (χ1n) is 8.80. The van der Waals surface area contributed by atoms with Crippen LogP contribution in [-0.4, -0.2) is 41.0 Å². The zero-order chi connectivity index (χ0) is 15.8. The maximum atomic E-state index is 6.03. The van der Waals surface area contributed by atoms with E-state index < -0.39 is 14.6 Å². The summed E-state index contributed by atoms with van der Waals surface area (Å²) in [5.41, 5.74) is 0. The molecule has 0 aromatic rings. The molecule has 128 valence electrons. The van der Waals surface area contributed by atoms with Gasteiger partial charge in [-0.05, 0) is 0 Å². The second-order valence-electron chi connectivity index (χ2n) is 5.31. The molecule has 0 amide bonds. The van der Waals surface area contributed by atoms with Crippen LogP contribution in [-0.2, 0) is 15.1 Å². The minimum atomic E-state index is -3.52. The molecule has 0 aromatic heterocycles.